The molecule has 12 heteroatoms. The highest BCUT2D eigenvalue weighted by Gasteiger charge is 3.12. The SMILES string of the molecule is CC[C@@H](C)[C@H](CC(=O)[C@H]1CCCCN1C)C(=O)N(C)[C@H](C[C@@H](OC(C)=O)c1nc(C(=O)NC23C4C5C2C2C3C4C52C(=O)OC)cs1)C(C)C. The van der Waals surface area contributed by atoms with E-state index in [4.69, 9.17) is 9.47 Å². The van der Waals surface area contributed by atoms with Crippen LogP contribution in [0.15, 0.2) is 5.38 Å². The number of carbonyl (C=O) groups is 5. The molecule has 0 radical (unpaired) electrons. The average molecular weight is 697 g/mol. The van der Waals surface area contributed by atoms with E-state index in [2.05, 4.69) is 22.1 Å². The molecule has 1 aromatic heterocycles. The molecular weight excluding hydrogens is 644 g/mol. The number of likely N-dealkylation sites (tertiary alicyclic amines) is 1. The van der Waals surface area contributed by atoms with Crippen LogP contribution in [0.1, 0.15) is 94.7 Å². The summed E-state index contributed by atoms with van der Waals surface area (Å²) in [6.07, 6.45) is 3.52. The Kier molecular flexibility index (Phi) is 8.56. The van der Waals surface area contributed by atoms with Gasteiger partial charge in [-0.05, 0) is 73.8 Å². The van der Waals surface area contributed by atoms with E-state index in [1.807, 2.05) is 27.8 Å². The van der Waals surface area contributed by atoms with E-state index in [-0.39, 0.29) is 64.9 Å². The van der Waals surface area contributed by atoms with Gasteiger partial charge in [0.1, 0.15) is 10.7 Å². The maximum Gasteiger partial charge on any atom is 0.312 e. The Morgan fingerprint density at radius 1 is 1.08 bits per heavy atom. The third-order valence-corrected chi connectivity index (χ3v) is 15.1. The van der Waals surface area contributed by atoms with E-state index in [1.54, 1.807) is 17.3 Å². The zero-order chi connectivity index (χ0) is 35.3. The van der Waals surface area contributed by atoms with Crippen LogP contribution in [0.4, 0.5) is 0 Å². The van der Waals surface area contributed by atoms with Gasteiger partial charge in [-0.25, -0.2) is 4.98 Å². The van der Waals surface area contributed by atoms with Crippen molar-refractivity contribution >= 4 is 40.9 Å². The summed E-state index contributed by atoms with van der Waals surface area (Å²) in [5.41, 5.74) is -0.163. The molecule has 1 aliphatic heterocycles. The van der Waals surface area contributed by atoms with E-state index < -0.39 is 18.0 Å². The van der Waals surface area contributed by atoms with Crippen LogP contribution in [0.5, 0.6) is 0 Å². The van der Waals surface area contributed by atoms with E-state index in [0.29, 0.717) is 52.6 Å². The summed E-state index contributed by atoms with van der Waals surface area (Å²) in [6.45, 7) is 10.4. The maximum absolute atomic E-state index is 14.2. The molecule has 7 fully saturated rings. The van der Waals surface area contributed by atoms with Crippen LogP contribution in [-0.4, -0.2) is 89.7 Å². The second-order valence-corrected chi connectivity index (χ2v) is 17.2. The Balaban J connectivity index is 1.02. The summed E-state index contributed by atoms with van der Waals surface area (Å²) in [6, 6.07) is -0.442. The second-order valence-electron chi connectivity index (χ2n) is 16.3. The van der Waals surface area contributed by atoms with Crippen LogP contribution in [0.3, 0.4) is 0 Å². The average Bonchev–Trinajstić information content (AvgIpc) is 3.58. The highest BCUT2D eigenvalue weighted by Crippen LogP contribution is 3.07. The first kappa shape index (κ1) is 34.6. The van der Waals surface area contributed by atoms with Gasteiger partial charge < -0.3 is 19.7 Å². The quantitative estimate of drug-likeness (QED) is 0.269. The molecule has 1 aromatic rings. The number of methoxy groups -OCH3 is 1. The Bertz CT molecular complexity index is 1500. The number of esters is 2. The smallest absolute Gasteiger partial charge is 0.312 e. The summed E-state index contributed by atoms with van der Waals surface area (Å²) in [7, 11) is 5.25. The molecule has 6 aliphatic carbocycles. The van der Waals surface area contributed by atoms with Crippen LogP contribution in [0, 0.1) is 58.7 Å². The molecule has 0 aromatic carbocycles. The number of carbonyl (C=O) groups excluding carboxylic acids is 5. The van der Waals surface area contributed by atoms with Gasteiger partial charge >= 0.3 is 11.9 Å². The standard InChI is InChI=1S/C37H52N4O7S/c1-9-18(4)20(14-24(43)22-12-10-11-13-40(22)6)34(45)41(7)23(17(2)3)15-25(48-19(5)42)33-38-21(16-49-33)32(44)39-37-29-26-30(37)28-31(37)27(29)36(26,28)35(46)47-8/h16-18,20,22-23,25-31H,9-15H2,1-8H3,(H,39,44)/t18-,20+,22-,23-,25-,26?,27?,28?,29?,30?,31?,36?,37?/m1/s1. The van der Waals surface area contributed by atoms with Gasteiger partial charge in [0.25, 0.3) is 5.91 Å². The van der Waals surface area contributed by atoms with Crippen LogP contribution in [0.2, 0.25) is 0 Å². The Hall–Kier alpha value is -2.86. The summed E-state index contributed by atoms with van der Waals surface area (Å²) in [5, 5.41) is 5.54. The Labute approximate surface area is 293 Å². The van der Waals surface area contributed by atoms with Crippen molar-refractivity contribution in [3.05, 3.63) is 16.1 Å². The first-order valence-corrected chi connectivity index (χ1v) is 19.2. The van der Waals surface area contributed by atoms with Gasteiger partial charge in [0, 0.05) is 44.2 Å². The fourth-order valence-electron chi connectivity index (χ4n) is 11.7. The number of thiazole rings is 1. The number of hydrogen-bond donors (Lipinski definition) is 1. The van der Waals surface area contributed by atoms with Crippen molar-refractivity contribution in [2.24, 2.45) is 58.7 Å². The summed E-state index contributed by atoms with van der Waals surface area (Å²) < 4.78 is 10.9. The molecule has 5 atom stereocenters. The zero-order valence-corrected chi connectivity index (χ0v) is 30.9. The number of aromatic nitrogens is 1. The lowest BCUT2D eigenvalue weighted by molar-refractivity contribution is -0.609. The Morgan fingerprint density at radius 3 is 2.29 bits per heavy atom. The van der Waals surface area contributed by atoms with E-state index in [1.165, 1.54) is 25.4 Å². The number of ketones is 1. The van der Waals surface area contributed by atoms with Crippen LogP contribution in [0.25, 0.3) is 0 Å². The zero-order valence-electron chi connectivity index (χ0n) is 30.1. The van der Waals surface area contributed by atoms with E-state index in [0.717, 1.165) is 32.2 Å². The van der Waals surface area contributed by atoms with Crippen LogP contribution in [-0.2, 0) is 28.7 Å². The highest BCUT2D eigenvalue weighted by atomic mass is 32.1. The fourth-order valence-corrected chi connectivity index (χ4v) is 12.6. The minimum absolute atomic E-state index is 0.0227. The number of nitrogens with zero attached hydrogens (tertiary/aromatic N) is 3. The maximum atomic E-state index is 14.2. The second kappa shape index (κ2) is 12.1. The molecule has 6 saturated carbocycles. The molecular formula is C37H52N4O7S. The van der Waals surface area contributed by atoms with Crippen LogP contribution < -0.4 is 5.32 Å². The molecule has 2 amide bonds. The van der Waals surface area contributed by atoms with E-state index in [9.17, 15) is 24.0 Å². The largest absolute Gasteiger partial charge is 0.469 e. The Morgan fingerprint density at radius 2 is 1.73 bits per heavy atom. The molecule has 49 heavy (non-hydrogen) atoms. The van der Waals surface area contributed by atoms with Gasteiger partial charge in [-0.1, -0.05) is 40.5 Å². The lowest BCUT2D eigenvalue weighted by Gasteiger charge is -3.09. The van der Waals surface area contributed by atoms with Crippen molar-refractivity contribution in [1.82, 2.24) is 20.1 Å². The topological polar surface area (TPSA) is 135 Å². The highest BCUT2D eigenvalue weighted by molar-refractivity contribution is 7.09. The summed E-state index contributed by atoms with van der Waals surface area (Å²) in [4.78, 5) is 74.6. The van der Waals surface area contributed by atoms with Gasteiger partial charge in [0.05, 0.1) is 24.1 Å². The van der Waals surface area contributed by atoms with Gasteiger partial charge in [0.2, 0.25) is 5.91 Å². The normalized spacial score (nSPS) is 36.6. The molecule has 268 valence electrons. The third kappa shape index (κ3) is 4.53. The van der Waals surface area contributed by atoms with Crippen molar-refractivity contribution < 1.29 is 33.4 Å². The molecule has 1 N–H and O–H groups in total. The number of likely N-dealkylation sites (N-methyl/N-ethyl adjacent to an activating group) is 1. The first-order valence-electron chi connectivity index (χ1n) is 18.3. The van der Waals surface area contributed by atoms with Crippen LogP contribution >= 0.6 is 11.3 Å². The van der Waals surface area contributed by atoms with E-state index >= 15 is 0 Å². The molecule has 8 rings (SSSR count). The minimum Gasteiger partial charge on any atom is -0.469 e. The van der Waals surface area contributed by atoms with Gasteiger partial charge in [-0.3, -0.25) is 28.9 Å². The molecule has 0 bridgehead atoms. The number of nitrogens with one attached hydrogen (secondary N) is 1. The predicted molar refractivity (Wildman–Crippen MR) is 181 cm³/mol. The lowest BCUT2D eigenvalue weighted by atomic mass is 8.94. The predicted octanol–water partition coefficient (Wildman–Crippen LogP) is 4.12. The molecule has 2 heterocycles. The van der Waals surface area contributed by atoms with Crippen molar-refractivity contribution in [2.45, 2.75) is 96.9 Å². The van der Waals surface area contributed by atoms with Gasteiger partial charge in [-0.15, -0.1) is 11.3 Å². The molecule has 0 spiro atoms. The number of hydrogen-bond acceptors (Lipinski definition) is 10. The summed E-state index contributed by atoms with van der Waals surface area (Å²) >= 11 is 1.28. The van der Waals surface area contributed by atoms with Crippen molar-refractivity contribution in [1.29, 1.82) is 0 Å². The first-order chi connectivity index (χ1) is 23.3. The molecule has 7 aliphatic rings. The minimum atomic E-state index is -0.741. The number of ether oxygens (including phenoxy) is 2. The summed E-state index contributed by atoms with van der Waals surface area (Å²) in [5.74, 6) is 1.04. The number of amides is 2. The molecule has 11 nitrogen and oxygen atoms in total. The number of rotatable bonds is 15. The van der Waals surface area contributed by atoms with Gasteiger partial charge in [0.15, 0.2) is 11.9 Å². The van der Waals surface area contributed by atoms with Gasteiger partial charge in [-0.2, -0.15) is 0 Å². The van der Waals surface area contributed by atoms with Crippen molar-refractivity contribution in [3.63, 3.8) is 0 Å². The lowest BCUT2D eigenvalue weighted by Crippen LogP contribution is -3.16. The number of piperidine rings is 1. The molecule has 1 saturated heterocycles. The third-order valence-electron chi connectivity index (χ3n) is 14.1. The molecule has 0 unspecified atom stereocenters. The fraction of sp³-hybridized carbons (Fsp3) is 0.784. The van der Waals surface area contributed by atoms with Crippen molar-refractivity contribution in [3.8, 4) is 0 Å². The number of Topliss-reactive ketones (excluding diaryl/α,β-unsaturated/α-hetero) is 1. The monoisotopic (exact) mass is 696 g/mol. The van der Waals surface area contributed by atoms with Crippen molar-refractivity contribution in [2.75, 3.05) is 27.7 Å².